The van der Waals surface area contributed by atoms with Crippen LogP contribution in [0.5, 0.6) is 0 Å². The van der Waals surface area contributed by atoms with Gasteiger partial charge in [0.1, 0.15) is 0 Å². The van der Waals surface area contributed by atoms with E-state index in [0.29, 0.717) is 10.2 Å². The summed E-state index contributed by atoms with van der Waals surface area (Å²) in [5.74, 6) is -0.559. The average Bonchev–Trinajstić information content (AvgIpc) is 1.38. The van der Waals surface area contributed by atoms with Crippen LogP contribution in [0.4, 0.5) is 0 Å². The average molecular weight is 90.2 g/mol. The van der Waals surface area contributed by atoms with Gasteiger partial charge in [-0.3, -0.25) is 0 Å². The first-order chi connectivity index (χ1) is 2.27. The molecule has 30 valence electrons. The molecule has 0 aromatic rings. The quantitative estimate of drug-likeness (QED) is 0.304. The molecule has 0 atom stereocenters. The molecule has 0 aliphatic rings. The first-order valence-electron chi connectivity index (χ1n) is 1.31. The number of aliphatic hydroxyl groups is 2. The van der Waals surface area contributed by atoms with Crippen LogP contribution >= 0.6 is 0 Å². The standard InChI is InChI=1S/C2H6O2Si/c3-2(4)1-5/h1,3-4H,5H3. The largest absolute Gasteiger partial charge is 0.482 e. The van der Waals surface area contributed by atoms with E-state index in [0.717, 1.165) is 0 Å². The molecule has 0 heterocycles. The molecule has 5 heavy (non-hydrogen) atoms. The Balaban J connectivity index is 3.14. The van der Waals surface area contributed by atoms with Crippen LogP contribution in [-0.4, -0.2) is 20.5 Å². The molecule has 0 aromatic heterocycles. The van der Waals surface area contributed by atoms with E-state index in [1.54, 1.807) is 0 Å². The molecule has 0 rings (SSSR count). The Morgan fingerprint density at radius 1 is 1.60 bits per heavy atom. The van der Waals surface area contributed by atoms with E-state index in [2.05, 4.69) is 0 Å². The van der Waals surface area contributed by atoms with Gasteiger partial charge in [0.15, 0.2) is 0 Å². The molecule has 0 bridgehead atoms. The molecule has 0 saturated heterocycles. The summed E-state index contributed by atoms with van der Waals surface area (Å²) in [6, 6.07) is 0. The van der Waals surface area contributed by atoms with Crippen molar-refractivity contribution in [2.45, 2.75) is 0 Å². The minimum Gasteiger partial charge on any atom is -0.482 e. The SMILES string of the molecule is OC(O)=C[SiH3]. The summed E-state index contributed by atoms with van der Waals surface area (Å²) in [5.41, 5.74) is 1.33. The van der Waals surface area contributed by atoms with E-state index in [4.69, 9.17) is 10.2 Å². The molecule has 0 aromatic carbocycles. The first-order valence-corrected chi connectivity index (χ1v) is 2.47. The summed E-state index contributed by atoms with van der Waals surface area (Å²) in [4.78, 5) is 0. The number of hydrogen-bond acceptors (Lipinski definition) is 2. The molecule has 2 N–H and O–H groups in total. The van der Waals surface area contributed by atoms with Crippen molar-refractivity contribution < 1.29 is 10.2 Å². The summed E-state index contributed by atoms with van der Waals surface area (Å²) in [7, 11) is 0.711. The lowest BCUT2D eigenvalue weighted by atomic mass is 11.1. The van der Waals surface area contributed by atoms with Crippen molar-refractivity contribution in [3.05, 3.63) is 11.6 Å². The minimum atomic E-state index is -0.559. The second kappa shape index (κ2) is 1.84. The number of rotatable bonds is 0. The second-order valence-electron chi connectivity index (χ2n) is 0.647. The summed E-state index contributed by atoms with van der Waals surface area (Å²) < 4.78 is 0. The van der Waals surface area contributed by atoms with Crippen LogP contribution in [-0.2, 0) is 0 Å². The Morgan fingerprint density at radius 2 is 1.80 bits per heavy atom. The molecule has 2 nitrogen and oxygen atoms in total. The van der Waals surface area contributed by atoms with Crippen LogP contribution in [0.2, 0.25) is 0 Å². The van der Waals surface area contributed by atoms with Gasteiger partial charge in [-0.1, -0.05) is 0 Å². The molecule has 0 amide bonds. The van der Waals surface area contributed by atoms with Crippen molar-refractivity contribution >= 4 is 10.2 Å². The third-order valence-electron chi connectivity index (χ3n) is 0.258. The summed E-state index contributed by atoms with van der Waals surface area (Å²) in [5, 5.41) is 15.6. The normalized spacial score (nSPS) is 7.20. The second-order valence-corrected chi connectivity index (χ2v) is 1.22. The van der Waals surface area contributed by atoms with Crippen LogP contribution in [0.15, 0.2) is 11.6 Å². The van der Waals surface area contributed by atoms with Crippen molar-refractivity contribution in [2.24, 2.45) is 0 Å². The lowest BCUT2D eigenvalue weighted by Crippen LogP contribution is -1.71. The van der Waals surface area contributed by atoms with E-state index in [-0.39, 0.29) is 0 Å². The van der Waals surface area contributed by atoms with Gasteiger partial charge in [-0.25, -0.2) is 0 Å². The van der Waals surface area contributed by atoms with Gasteiger partial charge in [0.05, 0.1) is 0 Å². The van der Waals surface area contributed by atoms with Crippen molar-refractivity contribution in [3.8, 4) is 0 Å². The Labute approximate surface area is 33.2 Å². The van der Waals surface area contributed by atoms with Crippen LogP contribution in [0, 0.1) is 0 Å². The van der Waals surface area contributed by atoms with Crippen molar-refractivity contribution in [3.63, 3.8) is 0 Å². The van der Waals surface area contributed by atoms with Crippen molar-refractivity contribution in [1.29, 1.82) is 0 Å². The Hall–Kier alpha value is -0.443. The van der Waals surface area contributed by atoms with Crippen LogP contribution in [0.1, 0.15) is 0 Å². The van der Waals surface area contributed by atoms with Gasteiger partial charge in [-0.2, -0.15) is 0 Å². The fourth-order valence-corrected chi connectivity index (χ4v) is 0. The Kier molecular flexibility index (Phi) is 1.68. The highest BCUT2D eigenvalue weighted by Gasteiger charge is 1.66. The highest BCUT2D eigenvalue weighted by molar-refractivity contribution is 6.17. The molecule has 0 radical (unpaired) electrons. The maximum Gasteiger partial charge on any atom is 0.264 e. The number of hydrogen-bond donors (Lipinski definition) is 2. The van der Waals surface area contributed by atoms with Gasteiger partial charge in [-0.05, 0) is 5.70 Å². The summed E-state index contributed by atoms with van der Waals surface area (Å²) in [6.07, 6.45) is 0. The maximum absolute atomic E-state index is 7.81. The van der Waals surface area contributed by atoms with E-state index in [1.165, 1.54) is 5.70 Å². The lowest BCUT2D eigenvalue weighted by molar-refractivity contribution is 0.192. The lowest BCUT2D eigenvalue weighted by Gasteiger charge is -1.75. The topological polar surface area (TPSA) is 40.5 Å². The van der Waals surface area contributed by atoms with Crippen molar-refractivity contribution in [1.82, 2.24) is 0 Å². The molecular weight excluding hydrogens is 84.1 g/mol. The highest BCUT2D eigenvalue weighted by Crippen LogP contribution is 1.67. The molecule has 3 heteroatoms. The first kappa shape index (κ1) is 4.56. The monoisotopic (exact) mass is 90.0 g/mol. The Bertz CT molecular complexity index is 45.6. The van der Waals surface area contributed by atoms with E-state index >= 15 is 0 Å². The molecular formula is C2H6O2Si. The zero-order valence-corrected chi connectivity index (χ0v) is 4.97. The molecule has 0 saturated carbocycles. The summed E-state index contributed by atoms with van der Waals surface area (Å²) in [6.45, 7) is 0. The predicted octanol–water partition coefficient (Wildman–Crippen LogP) is -0.733. The zero-order valence-electron chi connectivity index (χ0n) is 2.97. The third-order valence-corrected chi connectivity index (χ3v) is 0.775. The van der Waals surface area contributed by atoms with Gasteiger partial charge in [-0.15, -0.1) is 0 Å². The van der Waals surface area contributed by atoms with Crippen LogP contribution in [0.25, 0.3) is 0 Å². The molecule has 0 unspecified atom stereocenters. The maximum atomic E-state index is 7.81. The van der Waals surface area contributed by atoms with Crippen LogP contribution in [0.3, 0.4) is 0 Å². The fourth-order valence-electron chi connectivity index (χ4n) is 0. The van der Waals surface area contributed by atoms with Crippen molar-refractivity contribution in [2.75, 3.05) is 0 Å². The highest BCUT2D eigenvalue weighted by atomic mass is 28.1. The smallest absolute Gasteiger partial charge is 0.264 e. The minimum absolute atomic E-state index is 0.559. The molecule has 0 aliphatic carbocycles. The van der Waals surface area contributed by atoms with Gasteiger partial charge >= 0.3 is 0 Å². The Morgan fingerprint density at radius 3 is 1.80 bits per heavy atom. The predicted molar refractivity (Wildman–Crippen MR) is 23.3 cm³/mol. The molecule has 0 fully saturated rings. The zero-order chi connectivity index (χ0) is 4.28. The third kappa shape index (κ3) is 3.56. The number of aliphatic hydroxyl groups excluding tert-OH is 1. The summed E-state index contributed by atoms with van der Waals surface area (Å²) >= 11 is 0. The van der Waals surface area contributed by atoms with E-state index in [9.17, 15) is 0 Å². The van der Waals surface area contributed by atoms with E-state index in [1.807, 2.05) is 0 Å². The van der Waals surface area contributed by atoms with Crippen LogP contribution < -0.4 is 0 Å². The van der Waals surface area contributed by atoms with E-state index < -0.39 is 5.95 Å². The van der Waals surface area contributed by atoms with Gasteiger partial charge in [0.2, 0.25) is 0 Å². The van der Waals surface area contributed by atoms with Gasteiger partial charge in [0.25, 0.3) is 5.95 Å². The van der Waals surface area contributed by atoms with Gasteiger partial charge < -0.3 is 10.2 Å². The molecule has 0 spiro atoms. The fraction of sp³-hybridized carbons (Fsp3) is 0. The van der Waals surface area contributed by atoms with Gasteiger partial charge in [0, 0.05) is 10.2 Å². The molecule has 0 aliphatic heterocycles.